The number of aryl methyl sites for hydroxylation is 1. The molecule has 2 aliphatic heterocycles. The number of hydrogen-bond donors (Lipinski definition) is 2. The van der Waals surface area contributed by atoms with Crippen LogP contribution in [0, 0.1) is 6.92 Å². The molecule has 3 heterocycles. The summed E-state index contributed by atoms with van der Waals surface area (Å²) in [6.07, 6.45) is 3.89. The van der Waals surface area contributed by atoms with Gasteiger partial charge in [0, 0.05) is 37.0 Å². The Balaban J connectivity index is 1.30. The molecule has 0 saturated carbocycles. The molecule has 1 aromatic carbocycles. The number of nitrogens with zero attached hydrogens (tertiary/aromatic N) is 3. The van der Waals surface area contributed by atoms with Gasteiger partial charge in [-0.3, -0.25) is 14.4 Å². The van der Waals surface area contributed by atoms with Crippen molar-refractivity contribution in [3.8, 4) is 0 Å². The van der Waals surface area contributed by atoms with Gasteiger partial charge in [0.25, 0.3) is 11.8 Å². The Hall–Kier alpha value is -3.20. The molecule has 0 spiro atoms. The molecule has 3 amide bonds. The van der Waals surface area contributed by atoms with Crippen molar-refractivity contribution in [2.75, 3.05) is 23.7 Å². The molecule has 2 aliphatic rings. The first-order valence-corrected chi connectivity index (χ1v) is 11.0. The number of pyridine rings is 1. The summed E-state index contributed by atoms with van der Waals surface area (Å²) < 4.78 is 0. The summed E-state index contributed by atoms with van der Waals surface area (Å²) in [7, 11) is 0. The Morgan fingerprint density at radius 1 is 1.13 bits per heavy atom. The summed E-state index contributed by atoms with van der Waals surface area (Å²) in [4.78, 5) is 47.4. The Morgan fingerprint density at radius 2 is 1.87 bits per heavy atom. The van der Waals surface area contributed by atoms with Crippen LogP contribution in [0.3, 0.4) is 0 Å². The first kappa shape index (κ1) is 21.0. The average molecular weight is 438 g/mol. The van der Waals surface area contributed by atoms with Gasteiger partial charge in [0.1, 0.15) is 11.1 Å². The molecule has 1 fully saturated rings. The van der Waals surface area contributed by atoms with E-state index < -0.39 is 5.25 Å². The van der Waals surface area contributed by atoms with Crippen LogP contribution < -0.4 is 10.6 Å². The number of amides is 3. The van der Waals surface area contributed by atoms with Crippen molar-refractivity contribution in [3.63, 3.8) is 0 Å². The maximum atomic E-state index is 12.4. The molecule has 9 heteroatoms. The van der Waals surface area contributed by atoms with Crippen molar-refractivity contribution < 1.29 is 14.4 Å². The predicted molar refractivity (Wildman–Crippen MR) is 121 cm³/mol. The maximum Gasteiger partial charge on any atom is 0.262 e. The molecule has 160 valence electrons. The second-order valence-electron chi connectivity index (χ2n) is 7.49. The number of thioether (sulfide) groups is 1. The summed E-state index contributed by atoms with van der Waals surface area (Å²) in [5, 5.41) is 5.81. The van der Waals surface area contributed by atoms with Crippen LogP contribution in [0.5, 0.6) is 0 Å². The molecular weight excluding hydrogens is 414 g/mol. The Morgan fingerprint density at radius 3 is 2.58 bits per heavy atom. The number of carbonyl (C=O) groups is 3. The molecule has 1 atom stereocenters. The van der Waals surface area contributed by atoms with Crippen molar-refractivity contribution >= 4 is 46.2 Å². The molecule has 2 N–H and O–H groups in total. The lowest BCUT2D eigenvalue weighted by Gasteiger charge is -2.16. The van der Waals surface area contributed by atoms with Crippen LogP contribution in [-0.2, 0) is 9.59 Å². The van der Waals surface area contributed by atoms with Gasteiger partial charge in [-0.05, 0) is 55.7 Å². The zero-order chi connectivity index (χ0) is 21.8. The topological polar surface area (TPSA) is 104 Å². The molecule has 2 aromatic rings. The van der Waals surface area contributed by atoms with Crippen LogP contribution >= 0.6 is 11.8 Å². The number of hydrogen-bond acceptors (Lipinski definition) is 6. The smallest absolute Gasteiger partial charge is 0.262 e. The maximum absolute atomic E-state index is 12.4. The third kappa shape index (κ3) is 5.11. The van der Waals surface area contributed by atoms with Crippen LogP contribution in [0.1, 0.15) is 35.2 Å². The first-order chi connectivity index (χ1) is 15.0. The van der Waals surface area contributed by atoms with Gasteiger partial charge in [-0.15, -0.1) is 0 Å². The van der Waals surface area contributed by atoms with Gasteiger partial charge in [0.15, 0.2) is 5.17 Å². The van der Waals surface area contributed by atoms with Crippen molar-refractivity contribution in [3.05, 3.63) is 53.7 Å². The third-order valence-electron chi connectivity index (χ3n) is 5.15. The standard InChI is InChI=1S/C22H23N5O3S/c1-14-5-4-10-23-19(14)25-20(29)15-6-8-16(9-7-15)24-18(28)13-17-21(30)26-22(31-17)27-11-2-3-12-27/h4-10,17H,2-3,11-13H2,1H3,(H,24,28)(H,23,25,29)/t17-/m0/s1. The van der Waals surface area contributed by atoms with E-state index in [0.29, 0.717) is 17.1 Å². The molecule has 0 unspecified atom stereocenters. The van der Waals surface area contributed by atoms with E-state index in [1.807, 2.05) is 13.0 Å². The fraction of sp³-hybridized carbons (Fsp3) is 0.318. The second-order valence-corrected chi connectivity index (χ2v) is 8.66. The minimum absolute atomic E-state index is 0.0610. The van der Waals surface area contributed by atoms with E-state index in [2.05, 4.69) is 25.5 Å². The van der Waals surface area contributed by atoms with Gasteiger partial charge in [-0.25, -0.2) is 4.98 Å². The molecule has 31 heavy (non-hydrogen) atoms. The summed E-state index contributed by atoms with van der Waals surface area (Å²) in [6, 6.07) is 10.3. The molecule has 1 aromatic heterocycles. The fourth-order valence-corrected chi connectivity index (χ4v) is 4.55. The zero-order valence-corrected chi connectivity index (χ0v) is 17.9. The third-order valence-corrected chi connectivity index (χ3v) is 6.36. The average Bonchev–Trinajstić information content (AvgIpc) is 3.40. The second kappa shape index (κ2) is 9.30. The van der Waals surface area contributed by atoms with Gasteiger partial charge < -0.3 is 15.5 Å². The van der Waals surface area contributed by atoms with Gasteiger partial charge in [-0.2, -0.15) is 4.99 Å². The quantitative estimate of drug-likeness (QED) is 0.745. The van der Waals surface area contributed by atoms with Gasteiger partial charge >= 0.3 is 0 Å². The van der Waals surface area contributed by atoms with Crippen molar-refractivity contribution in [1.29, 1.82) is 0 Å². The van der Waals surface area contributed by atoms with Crippen LogP contribution in [0.4, 0.5) is 11.5 Å². The van der Waals surface area contributed by atoms with E-state index in [-0.39, 0.29) is 24.1 Å². The Labute approximate surface area is 184 Å². The van der Waals surface area contributed by atoms with Gasteiger partial charge in [-0.1, -0.05) is 17.8 Å². The number of aromatic nitrogens is 1. The van der Waals surface area contributed by atoms with E-state index in [9.17, 15) is 14.4 Å². The van der Waals surface area contributed by atoms with Crippen LogP contribution in [0.25, 0.3) is 0 Å². The lowest BCUT2D eigenvalue weighted by molar-refractivity contribution is -0.121. The SMILES string of the molecule is Cc1cccnc1NC(=O)c1ccc(NC(=O)C[C@@H]2SC(N3CCCC3)=NC2=O)cc1. The minimum Gasteiger partial charge on any atom is -0.351 e. The summed E-state index contributed by atoms with van der Waals surface area (Å²) in [5.74, 6) is -0.276. The van der Waals surface area contributed by atoms with E-state index in [1.165, 1.54) is 11.8 Å². The number of aliphatic imine (C=N–C) groups is 1. The fourth-order valence-electron chi connectivity index (χ4n) is 3.43. The van der Waals surface area contributed by atoms with Gasteiger partial charge in [0.2, 0.25) is 5.91 Å². The van der Waals surface area contributed by atoms with E-state index >= 15 is 0 Å². The molecule has 8 nitrogen and oxygen atoms in total. The lowest BCUT2D eigenvalue weighted by Crippen LogP contribution is -2.25. The van der Waals surface area contributed by atoms with Crippen LogP contribution in [-0.4, -0.2) is 51.1 Å². The van der Waals surface area contributed by atoms with Crippen LogP contribution in [0.15, 0.2) is 47.6 Å². The first-order valence-electron chi connectivity index (χ1n) is 10.2. The van der Waals surface area contributed by atoms with E-state index in [4.69, 9.17) is 0 Å². The van der Waals surface area contributed by atoms with E-state index in [1.54, 1.807) is 36.5 Å². The molecule has 0 aliphatic carbocycles. The zero-order valence-electron chi connectivity index (χ0n) is 17.1. The van der Waals surface area contributed by atoms with Crippen LogP contribution in [0.2, 0.25) is 0 Å². The number of nitrogens with one attached hydrogen (secondary N) is 2. The molecule has 0 bridgehead atoms. The number of carbonyl (C=O) groups excluding carboxylic acids is 3. The molecular formula is C22H23N5O3S. The lowest BCUT2D eigenvalue weighted by atomic mass is 10.2. The molecule has 0 radical (unpaired) electrons. The number of anilines is 2. The highest BCUT2D eigenvalue weighted by Gasteiger charge is 2.33. The minimum atomic E-state index is -0.484. The molecule has 1 saturated heterocycles. The normalized spacial score (nSPS) is 18.1. The Bertz CT molecular complexity index is 1030. The number of rotatable bonds is 5. The number of likely N-dealkylation sites (tertiary alicyclic amines) is 1. The Kier molecular flexibility index (Phi) is 6.31. The van der Waals surface area contributed by atoms with E-state index in [0.717, 1.165) is 36.7 Å². The van der Waals surface area contributed by atoms with Crippen molar-refractivity contribution in [2.45, 2.75) is 31.4 Å². The largest absolute Gasteiger partial charge is 0.351 e. The number of benzene rings is 1. The van der Waals surface area contributed by atoms with Crippen molar-refractivity contribution in [1.82, 2.24) is 9.88 Å². The monoisotopic (exact) mass is 437 g/mol. The summed E-state index contributed by atoms with van der Waals surface area (Å²) in [5.41, 5.74) is 1.89. The molecule has 4 rings (SSSR count). The highest BCUT2D eigenvalue weighted by Crippen LogP contribution is 2.29. The number of amidine groups is 1. The highest BCUT2D eigenvalue weighted by atomic mass is 32.2. The summed E-state index contributed by atoms with van der Waals surface area (Å²) >= 11 is 1.37. The predicted octanol–water partition coefficient (Wildman–Crippen LogP) is 3.06. The van der Waals surface area contributed by atoms with Gasteiger partial charge in [0.05, 0.1) is 0 Å². The highest BCUT2D eigenvalue weighted by molar-refractivity contribution is 8.15. The van der Waals surface area contributed by atoms with Crippen molar-refractivity contribution in [2.24, 2.45) is 4.99 Å². The summed E-state index contributed by atoms with van der Waals surface area (Å²) in [6.45, 7) is 3.70.